The van der Waals surface area contributed by atoms with Crippen LogP contribution in [0, 0.1) is 5.82 Å². The maximum Gasteiger partial charge on any atom is 0.124 e. The van der Waals surface area contributed by atoms with E-state index >= 15 is 0 Å². The molecule has 0 bridgehead atoms. The standard InChI is InChI=1S/C12H11Br2FN2S/c13-10-5-7(15)1-3-9(10)11(17-16)6-8-2-4-12(14)18-8/h1-5,11,17H,6,16H2. The van der Waals surface area contributed by atoms with E-state index in [1.54, 1.807) is 17.4 Å². The molecule has 1 atom stereocenters. The molecule has 1 aromatic heterocycles. The Balaban J connectivity index is 2.22. The largest absolute Gasteiger partial charge is 0.271 e. The molecule has 0 amide bonds. The van der Waals surface area contributed by atoms with E-state index in [-0.39, 0.29) is 11.9 Å². The average molecular weight is 394 g/mol. The third-order valence-corrected chi connectivity index (χ3v) is 4.91. The van der Waals surface area contributed by atoms with Gasteiger partial charge in [-0.3, -0.25) is 11.3 Å². The molecule has 2 rings (SSSR count). The molecular formula is C12H11Br2FN2S. The number of hydrazine groups is 1. The average Bonchev–Trinajstić information content (AvgIpc) is 2.72. The highest BCUT2D eigenvalue weighted by Gasteiger charge is 2.15. The van der Waals surface area contributed by atoms with Crippen LogP contribution in [0.4, 0.5) is 4.39 Å². The van der Waals surface area contributed by atoms with Crippen LogP contribution >= 0.6 is 43.2 Å². The molecule has 2 aromatic rings. The van der Waals surface area contributed by atoms with Gasteiger partial charge in [-0.25, -0.2) is 4.39 Å². The maximum absolute atomic E-state index is 13.1. The van der Waals surface area contributed by atoms with Crippen LogP contribution in [-0.2, 0) is 6.42 Å². The van der Waals surface area contributed by atoms with Crippen molar-refractivity contribution in [1.82, 2.24) is 5.43 Å². The van der Waals surface area contributed by atoms with E-state index in [1.807, 2.05) is 6.07 Å². The lowest BCUT2D eigenvalue weighted by Gasteiger charge is -2.17. The number of nitrogens with two attached hydrogens (primary N) is 1. The van der Waals surface area contributed by atoms with Crippen LogP contribution in [0.1, 0.15) is 16.5 Å². The van der Waals surface area contributed by atoms with Crippen LogP contribution in [0.15, 0.2) is 38.6 Å². The molecule has 2 nitrogen and oxygen atoms in total. The number of thiophene rings is 1. The fourth-order valence-corrected chi connectivity index (χ4v) is 3.86. The lowest BCUT2D eigenvalue weighted by Crippen LogP contribution is -2.29. The van der Waals surface area contributed by atoms with Gasteiger partial charge in [0.05, 0.1) is 9.83 Å². The van der Waals surface area contributed by atoms with Gasteiger partial charge in [0.1, 0.15) is 5.82 Å². The smallest absolute Gasteiger partial charge is 0.124 e. The molecule has 0 saturated carbocycles. The molecule has 0 fully saturated rings. The van der Waals surface area contributed by atoms with Gasteiger partial charge < -0.3 is 0 Å². The van der Waals surface area contributed by atoms with E-state index in [4.69, 9.17) is 5.84 Å². The predicted octanol–water partition coefficient (Wildman–Crippen LogP) is 4.16. The van der Waals surface area contributed by atoms with Crippen molar-refractivity contribution in [2.45, 2.75) is 12.5 Å². The van der Waals surface area contributed by atoms with Gasteiger partial charge in [0.2, 0.25) is 0 Å². The molecule has 1 unspecified atom stereocenters. The fourth-order valence-electron chi connectivity index (χ4n) is 1.71. The van der Waals surface area contributed by atoms with Gasteiger partial charge in [-0.15, -0.1) is 11.3 Å². The summed E-state index contributed by atoms with van der Waals surface area (Å²) in [6, 6.07) is 8.64. The highest BCUT2D eigenvalue weighted by molar-refractivity contribution is 9.11. The SMILES string of the molecule is NNC(Cc1ccc(Br)s1)c1ccc(F)cc1Br. The Morgan fingerprint density at radius 1 is 1.28 bits per heavy atom. The van der Waals surface area contributed by atoms with E-state index < -0.39 is 0 Å². The molecule has 0 radical (unpaired) electrons. The Bertz CT molecular complexity index is 545. The summed E-state index contributed by atoms with van der Waals surface area (Å²) in [6.07, 6.45) is 0.761. The zero-order valence-electron chi connectivity index (χ0n) is 9.29. The summed E-state index contributed by atoms with van der Waals surface area (Å²) >= 11 is 8.46. The summed E-state index contributed by atoms with van der Waals surface area (Å²) in [7, 11) is 0. The summed E-state index contributed by atoms with van der Waals surface area (Å²) in [5.74, 6) is 5.33. The first kappa shape index (κ1) is 14.1. The molecule has 0 saturated heterocycles. The molecule has 3 N–H and O–H groups in total. The summed E-state index contributed by atoms with van der Waals surface area (Å²) < 4.78 is 14.9. The fraction of sp³-hybridized carbons (Fsp3) is 0.167. The number of halogens is 3. The lowest BCUT2D eigenvalue weighted by atomic mass is 10.0. The first-order valence-corrected chi connectivity index (χ1v) is 7.65. The minimum absolute atomic E-state index is 0.0504. The second-order valence-electron chi connectivity index (χ2n) is 3.80. The van der Waals surface area contributed by atoms with E-state index in [1.165, 1.54) is 17.0 Å². The number of hydrogen-bond acceptors (Lipinski definition) is 3. The molecule has 1 heterocycles. The Labute approximate surface area is 126 Å². The topological polar surface area (TPSA) is 38.0 Å². The second kappa shape index (κ2) is 6.25. The maximum atomic E-state index is 13.1. The number of nitrogens with one attached hydrogen (secondary N) is 1. The highest BCUT2D eigenvalue weighted by Crippen LogP contribution is 2.30. The van der Waals surface area contributed by atoms with Gasteiger partial charge in [0.25, 0.3) is 0 Å². The summed E-state index contributed by atoms with van der Waals surface area (Å²) in [6.45, 7) is 0. The third-order valence-electron chi connectivity index (χ3n) is 2.57. The van der Waals surface area contributed by atoms with E-state index in [0.717, 1.165) is 20.2 Å². The summed E-state index contributed by atoms with van der Waals surface area (Å²) in [5.41, 5.74) is 3.72. The minimum Gasteiger partial charge on any atom is -0.271 e. The number of rotatable bonds is 4. The van der Waals surface area contributed by atoms with E-state index in [0.29, 0.717) is 0 Å². The van der Waals surface area contributed by atoms with Crippen molar-refractivity contribution in [3.8, 4) is 0 Å². The molecule has 1 aromatic carbocycles. The van der Waals surface area contributed by atoms with Crippen LogP contribution in [-0.4, -0.2) is 0 Å². The second-order valence-corrected chi connectivity index (χ2v) is 7.20. The van der Waals surface area contributed by atoms with Crippen molar-refractivity contribution in [3.63, 3.8) is 0 Å². The first-order valence-electron chi connectivity index (χ1n) is 5.25. The van der Waals surface area contributed by atoms with Crippen LogP contribution in [0.3, 0.4) is 0 Å². The zero-order chi connectivity index (χ0) is 13.1. The van der Waals surface area contributed by atoms with Crippen molar-refractivity contribution in [3.05, 3.63) is 54.8 Å². The summed E-state index contributed by atoms with van der Waals surface area (Å²) in [4.78, 5) is 1.21. The third kappa shape index (κ3) is 3.39. The monoisotopic (exact) mass is 392 g/mol. The number of benzene rings is 1. The Kier molecular flexibility index (Phi) is 4.91. The van der Waals surface area contributed by atoms with Crippen LogP contribution < -0.4 is 11.3 Å². The molecule has 6 heteroatoms. The van der Waals surface area contributed by atoms with Crippen molar-refractivity contribution in [2.75, 3.05) is 0 Å². The molecular weight excluding hydrogens is 383 g/mol. The van der Waals surface area contributed by atoms with Crippen LogP contribution in [0.2, 0.25) is 0 Å². The highest BCUT2D eigenvalue weighted by atomic mass is 79.9. The van der Waals surface area contributed by atoms with Gasteiger partial charge >= 0.3 is 0 Å². The van der Waals surface area contributed by atoms with Crippen molar-refractivity contribution in [2.24, 2.45) is 5.84 Å². The predicted molar refractivity (Wildman–Crippen MR) is 79.9 cm³/mol. The van der Waals surface area contributed by atoms with Gasteiger partial charge in [-0.05, 0) is 45.8 Å². The molecule has 0 aliphatic carbocycles. The minimum atomic E-state index is -0.264. The van der Waals surface area contributed by atoms with Crippen molar-refractivity contribution >= 4 is 43.2 Å². The van der Waals surface area contributed by atoms with E-state index in [2.05, 4.69) is 43.4 Å². The van der Waals surface area contributed by atoms with Gasteiger partial charge in [0, 0.05) is 15.8 Å². The van der Waals surface area contributed by atoms with Crippen LogP contribution in [0.25, 0.3) is 0 Å². The molecule has 0 aliphatic heterocycles. The quantitative estimate of drug-likeness (QED) is 0.604. The first-order chi connectivity index (χ1) is 8.60. The van der Waals surface area contributed by atoms with Gasteiger partial charge in [0.15, 0.2) is 0 Å². The normalized spacial score (nSPS) is 12.7. The van der Waals surface area contributed by atoms with E-state index in [9.17, 15) is 4.39 Å². The molecule has 0 aliphatic rings. The molecule has 18 heavy (non-hydrogen) atoms. The van der Waals surface area contributed by atoms with Gasteiger partial charge in [-0.1, -0.05) is 22.0 Å². The Morgan fingerprint density at radius 2 is 2.06 bits per heavy atom. The molecule has 0 spiro atoms. The lowest BCUT2D eigenvalue weighted by molar-refractivity contribution is 0.550. The zero-order valence-corrected chi connectivity index (χ0v) is 13.3. The van der Waals surface area contributed by atoms with Crippen molar-refractivity contribution < 1.29 is 4.39 Å². The van der Waals surface area contributed by atoms with Crippen molar-refractivity contribution in [1.29, 1.82) is 0 Å². The summed E-state index contributed by atoms with van der Waals surface area (Å²) in [5, 5.41) is 0. The van der Waals surface area contributed by atoms with Gasteiger partial charge in [-0.2, -0.15) is 0 Å². The Hall–Kier alpha value is -0.270. The molecule has 96 valence electrons. The number of hydrogen-bond donors (Lipinski definition) is 2. The van der Waals surface area contributed by atoms with Crippen LogP contribution in [0.5, 0.6) is 0 Å². The Morgan fingerprint density at radius 3 is 2.61 bits per heavy atom.